The Morgan fingerprint density at radius 1 is 0.852 bits per heavy atom. The van der Waals surface area contributed by atoms with Gasteiger partial charge < -0.3 is 9.32 Å². The molecule has 0 N–H and O–H groups in total. The molecule has 1 aromatic heterocycles. The Kier molecular flexibility index (Phi) is 4.69. The van der Waals surface area contributed by atoms with Gasteiger partial charge in [-0.15, -0.1) is 0 Å². The first-order valence-electron chi connectivity index (χ1n) is 8.71. The number of benzene rings is 3. The van der Waals surface area contributed by atoms with Crippen molar-refractivity contribution < 1.29 is 4.42 Å². The van der Waals surface area contributed by atoms with Crippen molar-refractivity contribution >= 4 is 33.9 Å². The highest BCUT2D eigenvalue weighted by Crippen LogP contribution is 2.25. The van der Waals surface area contributed by atoms with Gasteiger partial charge in [0, 0.05) is 41.8 Å². The second kappa shape index (κ2) is 7.29. The lowest BCUT2D eigenvalue weighted by molar-refractivity contribution is 0.618. The van der Waals surface area contributed by atoms with Crippen LogP contribution in [-0.4, -0.2) is 14.1 Å². The predicted octanol–water partition coefficient (Wildman–Crippen LogP) is 6.05. The van der Waals surface area contributed by atoms with Crippen LogP contribution in [0.15, 0.2) is 88.3 Å². The lowest BCUT2D eigenvalue weighted by Crippen LogP contribution is -2.08. The molecule has 0 aliphatic carbocycles. The molecule has 134 valence electrons. The molecular weight excluding hydrogens is 356 g/mol. The molecule has 0 aliphatic rings. The molecule has 4 aromatic rings. The first-order chi connectivity index (χ1) is 13.1. The highest BCUT2D eigenvalue weighted by molar-refractivity contribution is 6.31. The summed E-state index contributed by atoms with van der Waals surface area (Å²) < 4.78 is 6.11. The van der Waals surface area contributed by atoms with Crippen molar-refractivity contribution in [3.8, 4) is 11.3 Å². The molecule has 3 aromatic carbocycles. The van der Waals surface area contributed by atoms with E-state index in [1.165, 1.54) is 0 Å². The Morgan fingerprint density at radius 2 is 1.59 bits per heavy atom. The van der Waals surface area contributed by atoms with Gasteiger partial charge in [-0.3, -0.25) is 0 Å². The fourth-order valence-corrected chi connectivity index (χ4v) is 3.11. The second-order valence-electron chi connectivity index (χ2n) is 6.53. The molecule has 0 unspecified atom stereocenters. The van der Waals surface area contributed by atoms with Crippen molar-refractivity contribution in [1.29, 1.82) is 0 Å². The summed E-state index contributed by atoms with van der Waals surface area (Å²) >= 11 is 6.22. The predicted molar refractivity (Wildman–Crippen MR) is 113 cm³/mol. The average Bonchev–Trinajstić information content (AvgIpc) is 2.69. The van der Waals surface area contributed by atoms with E-state index in [-0.39, 0.29) is 0 Å². The normalized spacial score (nSPS) is 11.7. The van der Waals surface area contributed by atoms with E-state index in [1.807, 2.05) is 80.8 Å². The first kappa shape index (κ1) is 17.4. The minimum Gasteiger partial charge on any atom is -0.456 e. The van der Waals surface area contributed by atoms with Crippen LogP contribution in [0, 0.1) is 0 Å². The van der Waals surface area contributed by atoms with Crippen LogP contribution in [0.2, 0.25) is 5.02 Å². The van der Waals surface area contributed by atoms with Gasteiger partial charge in [0.2, 0.25) is 0 Å². The summed E-state index contributed by atoms with van der Waals surface area (Å²) in [5.41, 5.74) is 3.78. The van der Waals surface area contributed by atoms with E-state index in [0.717, 1.165) is 39.0 Å². The monoisotopic (exact) mass is 374 g/mol. The summed E-state index contributed by atoms with van der Waals surface area (Å²) in [6, 6.07) is 25.7. The lowest BCUT2D eigenvalue weighted by atomic mass is 10.1. The number of hydrogen-bond acceptors (Lipinski definition) is 3. The number of nitrogens with zero attached hydrogens (tertiary/aromatic N) is 2. The number of rotatable bonds is 3. The van der Waals surface area contributed by atoms with Crippen LogP contribution >= 0.6 is 11.6 Å². The molecular formula is C23H19ClN2O. The molecule has 3 nitrogen and oxygen atoms in total. The second-order valence-corrected chi connectivity index (χ2v) is 6.96. The Balaban J connectivity index is 1.93. The van der Waals surface area contributed by atoms with Crippen molar-refractivity contribution in [3.05, 3.63) is 89.2 Å². The molecule has 0 fully saturated rings. The fourth-order valence-electron chi connectivity index (χ4n) is 2.94. The quantitative estimate of drug-likeness (QED) is 0.436. The molecule has 0 bridgehead atoms. The van der Waals surface area contributed by atoms with Crippen LogP contribution in [0.3, 0.4) is 0 Å². The smallest absolute Gasteiger partial charge is 0.136 e. The number of fused-ring (bicyclic) bond motifs is 1. The van der Waals surface area contributed by atoms with E-state index in [1.54, 1.807) is 0 Å². The van der Waals surface area contributed by atoms with Gasteiger partial charge in [-0.05, 0) is 42.5 Å². The van der Waals surface area contributed by atoms with E-state index in [4.69, 9.17) is 21.0 Å². The van der Waals surface area contributed by atoms with E-state index >= 15 is 0 Å². The van der Waals surface area contributed by atoms with E-state index in [9.17, 15) is 0 Å². The van der Waals surface area contributed by atoms with E-state index in [0.29, 0.717) is 5.02 Å². The van der Waals surface area contributed by atoms with Crippen LogP contribution < -0.4 is 10.3 Å². The highest BCUT2D eigenvalue weighted by atomic mass is 35.5. The van der Waals surface area contributed by atoms with E-state index < -0.39 is 0 Å². The summed E-state index contributed by atoms with van der Waals surface area (Å²) in [7, 11) is 4.04. The van der Waals surface area contributed by atoms with Gasteiger partial charge in [0.15, 0.2) is 0 Å². The van der Waals surface area contributed by atoms with Gasteiger partial charge in [-0.2, -0.15) is 0 Å². The first-order valence-corrected chi connectivity index (χ1v) is 9.09. The molecule has 0 aliphatic heterocycles. The van der Waals surface area contributed by atoms with Crippen LogP contribution in [0.4, 0.5) is 11.4 Å². The highest BCUT2D eigenvalue weighted by Gasteiger charge is 2.07. The molecule has 4 heteroatoms. The van der Waals surface area contributed by atoms with Gasteiger partial charge in [0.1, 0.15) is 11.3 Å². The van der Waals surface area contributed by atoms with Crippen LogP contribution in [0.5, 0.6) is 0 Å². The minimum absolute atomic E-state index is 0.657. The third kappa shape index (κ3) is 3.74. The van der Waals surface area contributed by atoms with Crippen molar-refractivity contribution in [3.63, 3.8) is 0 Å². The zero-order valence-corrected chi connectivity index (χ0v) is 15.9. The average molecular weight is 375 g/mol. The van der Waals surface area contributed by atoms with Gasteiger partial charge in [0.25, 0.3) is 0 Å². The molecule has 0 radical (unpaired) electrons. The largest absolute Gasteiger partial charge is 0.456 e. The molecule has 0 saturated heterocycles. The van der Waals surface area contributed by atoms with Gasteiger partial charge in [0.05, 0.1) is 11.0 Å². The summed E-state index contributed by atoms with van der Waals surface area (Å²) in [6.07, 6.45) is 0. The zero-order chi connectivity index (χ0) is 18.8. The van der Waals surface area contributed by atoms with E-state index in [2.05, 4.69) is 17.0 Å². The van der Waals surface area contributed by atoms with Gasteiger partial charge >= 0.3 is 0 Å². The third-order valence-electron chi connectivity index (χ3n) is 4.38. The summed E-state index contributed by atoms with van der Waals surface area (Å²) in [5, 5.41) is 2.37. The van der Waals surface area contributed by atoms with Crippen LogP contribution in [0.1, 0.15) is 0 Å². The third-order valence-corrected chi connectivity index (χ3v) is 4.61. The Bertz CT molecular complexity index is 1150. The molecule has 1 heterocycles. The molecule has 4 rings (SSSR count). The molecule has 0 spiro atoms. The topological polar surface area (TPSA) is 28.7 Å². The van der Waals surface area contributed by atoms with Crippen molar-refractivity contribution in [1.82, 2.24) is 0 Å². The number of anilines is 1. The SMILES string of the molecule is CN(C)c1ccc(N=c2cc(-c3ccccc3)oc3ccc(Cl)cc23)cc1. The summed E-state index contributed by atoms with van der Waals surface area (Å²) in [4.78, 5) is 6.92. The summed E-state index contributed by atoms with van der Waals surface area (Å²) in [5.74, 6) is 0.772. The maximum absolute atomic E-state index is 6.22. The molecule has 27 heavy (non-hydrogen) atoms. The summed E-state index contributed by atoms with van der Waals surface area (Å²) in [6.45, 7) is 0. The Labute approximate surface area is 163 Å². The van der Waals surface area contributed by atoms with Crippen molar-refractivity contribution in [2.75, 3.05) is 19.0 Å². The molecule has 0 atom stereocenters. The van der Waals surface area contributed by atoms with Gasteiger partial charge in [-0.25, -0.2) is 4.99 Å². The maximum atomic E-state index is 6.22. The molecule has 0 amide bonds. The van der Waals surface area contributed by atoms with Crippen LogP contribution in [0.25, 0.3) is 22.3 Å². The van der Waals surface area contributed by atoms with Crippen LogP contribution in [-0.2, 0) is 0 Å². The van der Waals surface area contributed by atoms with Crippen molar-refractivity contribution in [2.24, 2.45) is 4.99 Å². The fraction of sp³-hybridized carbons (Fsp3) is 0.0870. The van der Waals surface area contributed by atoms with Crippen molar-refractivity contribution in [2.45, 2.75) is 0 Å². The standard InChI is InChI=1S/C23H19ClN2O/c1-26(2)19-11-9-18(10-12-19)25-21-15-23(16-6-4-3-5-7-16)27-22-13-8-17(24)14-20(21)22/h3-15H,1-2H3. The zero-order valence-electron chi connectivity index (χ0n) is 15.2. The Morgan fingerprint density at radius 3 is 2.30 bits per heavy atom. The number of halogens is 1. The maximum Gasteiger partial charge on any atom is 0.136 e. The molecule has 0 saturated carbocycles. The lowest BCUT2D eigenvalue weighted by Gasteiger charge is -2.11. The minimum atomic E-state index is 0.657. The Hall–Kier alpha value is -3.04. The number of hydrogen-bond donors (Lipinski definition) is 0. The van der Waals surface area contributed by atoms with Gasteiger partial charge in [-0.1, -0.05) is 41.9 Å².